The zero-order valence-electron chi connectivity index (χ0n) is 47.9. The molecule has 418 valence electrons. The lowest BCUT2D eigenvalue weighted by atomic mass is 10.0. The lowest BCUT2D eigenvalue weighted by molar-refractivity contribution is -0.167. The summed E-state index contributed by atoms with van der Waals surface area (Å²) in [7, 11) is 0. The van der Waals surface area contributed by atoms with Crippen LogP contribution in [0.25, 0.3) is 0 Å². The molecule has 0 saturated heterocycles. The number of esters is 3. The second kappa shape index (κ2) is 60.7. The van der Waals surface area contributed by atoms with Crippen LogP contribution in [0.3, 0.4) is 0 Å². The first-order chi connectivity index (χ1) is 35.5. The van der Waals surface area contributed by atoms with E-state index in [1.54, 1.807) is 0 Å². The van der Waals surface area contributed by atoms with Gasteiger partial charge < -0.3 is 14.2 Å². The van der Waals surface area contributed by atoms with Crippen molar-refractivity contribution in [1.29, 1.82) is 0 Å². The fourth-order valence-electron chi connectivity index (χ4n) is 8.98. The molecule has 0 aromatic rings. The third kappa shape index (κ3) is 58.0. The van der Waals surface area contributed by atoms with Crippen LogP contribution in [-0.4, -0.2) is 37.2 Å². The topological polar surface area (TPSA) is 78.9 Å². The third-order valence-electron chi connectivity index (χ3n) is 13.7. The SMILES string of the molecule is CCC/C=C\C/C=C\CCCCCCCC(=O)OCC(COC(=O)CCCCCCCCCCCCCCC/C=C\C/C=C\CCCCCCC)OC(=O)CCCCCCC/C=C\CCCCCCCCC. The Bertz CT molecular complexity index is 1290. The first kappa shape index (κ1) is 69.1. The molecule has 0 aliphatic carbocycles. The van der Waals surface area contributed by atoms with E-state index in [2.05, 4.69) is 81.5 Å². The predicted molar refractivity (Wildman–Crippen MR) is 312 cm³/mol. The zero-order valence-corrected chi connectivity index (χ0v) is 47.9. The summed E-state index contributed by atoms with van der Waals surface area (Å²) in [5.74, 6) is -0.891. The zero-order chi connectivity index (χ0) is 52.2. The molecule has 0 fully saturated rings. The molecule has 6 heteroatoms. The molecule has 0 aliphatic rings. The second-order valence-corrected chi connectivity index (χ2v) is 21.0. The van der Waals surface area contributed by atoms with E-state index in [1.807, 2.05) is 0 Å². The van der Waals surface area contributed by atoms with Crippen molar-refractivity contribution in [2.24, 2.45) is 0 Å². The molecule has 0 heterocycles. The number of carbonyl (C=O) groups excluding carboxylic acids is 3. The number of rotatable bonds is 57. The minimum Gasteiger partial charge on any atom is -0.462 e. The fourth-order valence-corrected chi connectivity index (χ4v) is 8.98. The Hall–Kier alpha value is -2.89. The van der Waals surface area contributed by atoms with Gasteiger partial charge >= 0.3 is 17.9 Å². The van der Waals surface area contributed by atoms with Crippen LogP contribution in [0.5, 0.6) is 0 Å². The van der Waals surface area contributed by atoms with Crippen molar-refractivity contribution in [2.45, 2.75) is 329 Å². The monoisotopic (exact) mass is 1010 g/mol. The Morgan fingerprint density at radius 2 is 0.528 bits per heavy atom. The van der Waals surface area contributed by atoms with Crippen molar-refractivity contribution >= 4 is 17.9 Å². The molecule has 0 amide bonds. The summed E-state index contributed by atoms with van der Waals surface area (Å²) in [6, 6.07) is 0. The summed E-state index contributed by atoms with van der Waals surface area (Å²) >= 11 is 0. The van der Waals surface area contributed by atoms with Gasteiger partial charge in [0.25, 0.3) is 0 Å². The van der Waals surface area contributed by atoms with Crippen molar-refractivity contribution < 1.29 is 28.6 Å². The average molecular weight is 1010 g/mol. The van der Waals surface area contributed by atoms with Crippen molar-refractivity contribution in [1.82, 2.24) is 0 Å². The maximum absolute atomic E-state index is 12.9. The van der Waals surface area contributed by atoms with Gasteiger partial charge in [-0.15, -0.1) is 0 Å². The lowest BCUT2D eigenvalue weighted by Gasteiger charge is -2.18. The lowest BCUT2D eigenvalue weighted by Crippen LogP contribution is -2.30. The van der Waals surface area contributed by atoms with Crippen molar-refractivity contribution in [2.75, 3.05) is 13.2 Å². The molecular formula is C66H118O6. The normalized spacial score (nSPS) is 12.4. The summed E-state index contributed by atoms with van der Waals surface area (Å²) in [5, 5.41) is 0. The van der Waals surface area contributed by atoms with Crippen LogP contribution in [0.15, 0.2) is 60.8 Å². The molecule has 0 radical (unpaired) electrons. The highest BCUT2D eigenvalue weighted by molar-refractivity contribution is 5.71. The minimum atomic E-state index is -0.784. The van der Waals surface area contributed by atoms with Crippen LogP contribution >= 0.6 is 0 Å². The summed E-state index contributed by atoms with van der Waals surface area (Å²) in [4.78, 5) is 38.2. The van der Waals surface area contributed by atoms with Gasteiger partial charge in [-0.25, -0.2) is 0 Å². The van der Waals surface area contributed by atoms with Gasteiger partial charge in [0.05, 0.1) is 0 Å². The number of ether oxygens (including phenoxy) is 3. The Kier molecular flexibility index (Phi) is 58.2. The molecule has 0 aromatic heterocycles. The van der Waals surface area contributed by atoms with Gasteiger partial charge in [-0.3, -0.25) is 14.4 Å². The van der Waals surface area contributed by atoms with Crippen molar-refractivity contribution in [3.05, 3.63) is 60.8 Å². The minimum absolute atomic E-state index is 0.0808. The highest BCUT2D eigenvalue weighted by Crippen LogP contribution is 2.16. The molecule has 1 unspecified atom stereocenters. The number of allylic oxidation sites excluding steroid dienone is 10. The first-order valence-electron chi connectivity index (χ1n) is 31.3. The van der Waals surface area contributed by atoms with E-state index in [1.165, 1.54) is 180 Å². The van der Waals surface area contributed by atoms with E-state index in [4.69, 9.17) is 14.2 Å². The number of carbonyl (C=O) groups is 3. The molecule has 0 bridgehead atoms. The molecule has 1 atom stereocenters. The molecule has 0 aromatic carbocycles. The maximum atomic E-state index is 12.9. The van der Waals surface area contributed by atoms with E-state index in [0.29, 0.717) is 19.3 Å². The van der Waals surface area contributed by atoms with Gasteiger partial charge in [0.2, 0.25) is 0 Å². The van der Waals surface area contributed by atoms with E-state index in [-0.39, 0.29) is 31.1 Å². The van der Waals surface area contributed by atoms with Crippen molar-refractivity contribution in [3.63, 3.8) is 0 Å². The van der Waals surface area contributed by atoms with E-state index >= 15 is 0 Å². The van der Waals surface area contributed by atoms with E-state index < -0.39 is 6.10 Å². The van der Waals surface area contributed by atoms with Crippen molar-refractivity contribution in [3.8, 4) is 0 Å². The standard InChI is InChI=1S/C66H118O6/c1-4-7-10-13-16-19-22-25-27-29-30-31-32-33-34-35-36-37-39-41-44-47-50-53-56-59-65(68)71-62-63(61-70-64(67)58-55-52-49-46-43-40-24-21-18-15-12-9-6-3)72-66(69)60-57-54-51-48-45-42-38-28-26-23-20-17-14-11-8-5-2/h12,15,21-22,24-25,28-30,38,63H,4-11,13-14,16-20,23,26-27,31-37,39-62H2,1-3H3/b15-12-,24-21-,25-22-,30-29-,38-28-. The molecule has 72 heavy (non-hydrogen) atoms. The Morgan fingerprint density at radius 3 is 0.833 bits per heavy atom. The highest BCUT2D eigenvalue weighted by Gasteiger charge is 2.19. The highest BCUT2D eigenvalue weighted by atomic mass is 16.6. The Balaban J connectivity index is 4.28. The Morgan fingerprint density at radius 1 is 0.278 bits per heavy atom. The van der Waals surface area contributed by atoms with Crippen LogP contribution < -0.4 is 0 Å². The molecule has 0 N–H and O–H groups in total. The molecule has 0 rings (SSSR count). The van der Waals surface area contributed by atoms with Crippen LogP contribution in [-0.2, 0) is 28.6 Å². The van der Waals surface area contributed by atoms with Gasteiger partial charge in [0.1, 0.15) is 13.2 Å². The smallest absolute Gasteiger partial charge is 0.306 e. The number of unbranched alkanes of at least 4 members (excludes halogenated alkanes) is 36. The van der Waals surface area contributed by atoms with Gasteiger partial charge in [-0.1, -0.05) is 261 Å². The molecule has 6 nitrogen and oxygen atoms in total. The molecule has 0 aliphatic heterocycles. The summed E-state index contributed by atoms with van der Waals surface area (Å²) in [6.07, 6.45) is 76.5. The van der Waals surface area contributed by atoms with E-state index in [0.717, 1.165) is 103 Å². The summed E-state index contributed by atoms with van der Waals surface area (Å²) in [6.45, 7) is 6.58. The van der Waals surface area contributed by atoms with Gasteiger partial charge in [-0.2, -0.15) is 0 Å². The second-order valence-electron chi connectivity index (χ2n) is 21.0. The van der Waals surface area contributed by atoms with Crippen LogP contribution in [0, 0.1) is 0 Å². The predicted octanol–water partition coefficient (Wildman–Crippen LogP) is 21.2. The number of hydrogen-bond donors (Lipinski definition) is 0. The molecular weight excluding hydrogens is 889 g/mol. The summed E-state index contributed by atoms with van der Waals surface area (Å²) < 4.78 is 16.9. The quantitative estimate of drug-likeness (QED) is 0.0261. The van der Waals surface area contributed by atoms with Gasteiger partial charge in [-0.05, 0) is 103 Å². The third-order valence-corrected chi connectivity index (χ3v) is 13.7. The largest absolute Gasteiger partial charge is 0.462 e. The van der Waals surface area contributed by atoms with Crippen LogP contribution in [0.2, 0.25) is 0 Å². The van der Waals surface area contributed by atoms with Crippen LogP contribution in [0.4, 0.5) is 0 Å². The van der Waals surface area contributed by atoms with E-state index in [9.17, 15) is 14.4 Å². The fraction of sp³-hybridized carbons (Fsp3) is 0.803. The maximum Gasteiger partial charge on any atom is 0.306 e. The van der Waals surface area contributed by atoms with Gasteiger partial charge in [0, 0.05) is 19.3 Å². The Labute approximate surface area is 447 Å². The molecule has 0 saturated carbocycles. The van der Waals surface area contributed by atoms with Gasteiger partial charge in [0.15, 0.2) is 6.10 Å². The van der Waals surface area contributed by atoms with Crippen LogP contribution in [0.1, 0.15) is 323 Å². The molecule has 0 spiro atoms. The number of hydrogen-bond acceptors (Lipinski definition) is 6. The average Bonchev–Trinajstić information content (AvgIpc) is 3.38. The summed E-state index contributed by atoms with van der Waals surface area (Å²) in [5.41, 5.74) is 0. The first-order valence-corrected chi connectivity index (χ1v) is 31.3.